The van der Waals surface area contributed by atoms with Crippen LogP contribution < -0.4 is 5.73 Å². The van der Waals surface area contributed by atoms with Gasteiger partial charge in [0.25, 0.3) is 0 Å². The van der Waals surface area contributed by atoms with E-state index in [0.29, 0.717) is 25.3 Å². The summed E-state index contributed by atoms with van der Waals surface area (Å²) >= 11 is 0. The molecule has 13 heavy (non-hydrogen) atoms. The molecule has 0 aliphatic carbocycles. The third-order valence-electron chi connectivity index (χ3n) is 2.24. The summed E-state index contributed by atoms with van der Waals surface area (Å²) in [5.74, 6) is 0.486. The van der Waals surface area contributed by atoms with Gasteiger partial charge in [-0.1, -0.05) is 0 Å². The van der Waals surface area contributed by atoms with Crippen molar-refractivity contribution in [2.24, 2.45) is 0 Å². The Morgan fingerprint density at radius 2 is 2.46 bits per heavy atom. The minimum Gasteiger partial charge on any atom is -0.465 e. The van der Waals surface area contributed by atoms with Gasteiger partial charge in [-0.2, -0.15) is 5.10 Å². The van der Waals surface area contributed by atoms with Crippen molar-refractivity contribution in [3.63, 3.8) is 0 Å². The minimum absolute atomic E-state index is 0.356. The number of fused-ring (bicyclic) bond motifs is 1. The van der Waals surface area contributed by atoms with Crippen molar-refractivity contribution in [3.8, 4) is 0 Å². The average molecular weight is 182 g/mol. The first-order chi connectivity index (χ1) is 6.18. The van der Waals surface area contributed by atoms with Crippen LogP contribution in [0.4, 0.5) is 10.6 Å². The largest absolute Gasteiger partial charge is 0.465 e. The van der Waals surface area contributed by atoms with Gasteiger partial charge in [0.1, 0.15) is 5.82 Å². The van der Waals surface area contributed by atoms with Crippen LogP contribution in [0.25, 0.3) is 0 Å². The number of carbonyl (C=O) groups is 1. The van der Waals surface area contributed by atoms with Crippen LogP contribution in [0, 0.1) is 0 Å². The topological polar surface area (TPSA) is 95.2 Å². The zero-order valence-corrected chi connectivity index (χ0v) is 6.95. The Morgan fingerprint density at radius 3 is 3.15 bits per heavy atom. The van der Waals surface area contributed by atoms with E-state index in [0.717, 1.165) is 11.3 Å². The fraction of sp³-hybridized carbons (Fsp3) is 0.429. The summed E-state index contributed by atoms with van der Waals surface area (Å²) in [5.41, 5.74) is 7.34. The van der Waals surface area contributed by atoms with E-state index < -0.39 is 6.09 Å². The number of nitrogens with two attached hydrogens (primary N) is 1. The van der Waals surface area contributed by atoms with Crippen LogP contribution in [-0.2, 0) is 13.0 Å². The van der Waals surface area contributed by atoms with Gasteiger partial charge in [-0.25, -0.2) is 4.79 Å². The first kappa shape index (κ1) is 7.90. The van der Waals surface area contributed by atoms with Crippen LogP contribution in [0.1, 0.15) is 11.3 Å². The predicted molar refractivity (Wildman–Crippen MR) is 45.1 cm³/mol. The molecule has 6 heteroatoms. The van der Waals surface area contributed by atoms with Gasteiger partial charge in [0, 0.05) is 12.1 Å². The molecular weight excluding hydrogens is 172 g/mol. The molecule has 1 aliphatic rings. The van der Waals surface area contributed by atoms with Gasteiger partial charge >= 0.3 is 6.09 Å². The molecule has 70 valence electrons. The summed E-state index contributed by atoms with van der Waals surface area (Å²) in [6.07, 6.45) is -0.261. The maximum Gasteiger partial charge on any atom is 0.407 e. The second-order valence-electron chi connectivity index (χ2n) is 3.02. The quantitative estimate of drug-likeness (QED) is 0.527. The molecule has 1 amide bonds. The molecule has 0 saturated heterocycles. The predicted octanol–water partition coefficient (Wildman–Crippen LogP) is 0.0280. The molecule has 0 aromatic carbocycles. The Kier molecular flexibility index (Phi) is 1.61. The Balaban J connectivity index is 2.25. The van der Waals surface area contributed by atoms with E-state index >= 15 is 0 Å². The minimum atomic E-state index is -0.904. The second kappa shape index (κ2) is 2.65. The number of hydrogen-bond acceptors (Lipinski definition) is 3. The summed E-state index contributed by atoms with van der Waals surface area (Å²) < 4.78 is 0. The van der Waals surface area contributed by atoms with Gasteiger partial charge < -0.3 is 15.7 Å². The summed E-state index contributed by atoms with van der Waals surface area (Å²) in [7, 11) is 0. The zero-order chi connectivity index (χ0) is 9.42. The lowest BCUT2D eigenvalue weighted by atomic mass is 10.1. The molecule has 4 N–H and O–H groups in total. The van der Waals surface area contributed by atoms with E-state index in [1.54, 1.807) is 0 Å². The maximum absolute atomic E-state index is 10.6. The van der Waals surface area contributed by atoms with Gasteiger partial charge in [0.2, 0.25) is 0 Å². The van der Waals surface area contributed by atoms with E-state index in [2.05, 4.69) is 10.2 Å². The molecule has 0 spiro atoms. The number of nitrogens with one attached hydrogen (secondary N) is 1. The van der Waals surface area contributed by atoms with Crippen LogP contribution in [0.5, 0.6) is 0 Å². The monoisotopic (exact) mass is 182 g/mol. The first-order valence-electron chi connectivity index (χ1n) is 3.98. The number of H-pyrrole nitrogens is 1. The Labute approximate surface area is 74.3 Å². The zero-order valence-electron chi connectivity index (χ0n) is 6.95. The van der Waals surface area contributed by atoms with E-state index in [-0.39, 0.29) is 0 Å². The normalized spacial score (nSPS) is 15.5. The Bertz CT molecular complexity index is 346. The molecule has 1 aliphatic heterocycles. The van der Waals surface area contributed by atoms with Gasteiger partial charge in [-0.3, -0.25) is 5.10 Å². The third-order valence-corrected chi connectivity index (χ3v) is 2.24. The van der Waals surface area contributed by atoms with Crippen molar-refractivity contribution < 1.29 is 9.90 Å². The molecule has 2 rings (SSSR count). The van der Waals surface area contributed by atoms with E-state index in [1.165, 1.54) is 4.90 Å². The number of nitrogen functional groups attached to an aromatic ring is 1. The van der Waals surface area contributed by atoms with Gasteiger partial charge in [0.15, 0.2) is 0 Å². The Morgan fingerprint density at radius 1 is 1.69 bits per heavy atom. The van der Waals surface area contributed by atoms with Crippen molar-refractivity contribution >= 4 is 11.9 Å². The molecule has 0 saturated carbocycles. The van der Waals surface area contributed by atoms with Gasteiger partial charge in [-0.05, 0) is 6.42 Å². The highest BCUT2D eigenvalue weighted by molar-refractivity contribution is 5.65. The van der Waals surface area contributed by atoms with Crippen LogP contribution in [-0.4, -0.2) is 32.8 Å². The lowest BCUT2D eigenvalue weighted by Gasteiger charge is -2.23. The number of anilines is 1. The molecule has 0 unspecified atom stereocenters. The fourth-order valence-electron chi connectivity index (χ4n) is 1.51. The van der Waals surface area contributed by atoms with E-state index in [4.69, 9.17) is 10.8 Å². The lowest BCUT2D eigenvalue weighted by Crippen LogP contribution is -2.34. The van der Waals surface area contributed by atoms with Crippen LogP contribution >= 0.6 is 0 Å². The van der Waals surface area contributed by atoms with Crippen LogP contribution in [0.2, 0.25) is 0 Å². The second-order valence-corrected chi connectivity index (χ2v) is 3.02. The number of carboxylic acid groups (broad SMARTS) is 1. The molecule has 0 fully saturated rings. The van der Waals surface area contributed by atoms with E-state index in [9.17, 15) is 4.79 Å². The number of aromatic nitrogens is 2. The molecule has 0 bridgehead atoms. The molecule has 0 radical (unpaired) electrons. The number of rotatable bonds is 0. The van der Waals surface area contributed by atoms with Crippen molar-refractivity contribution in [1.29, 1.82) is 0 Å². The highest BCUT2D eigenvalue weighted by Crippen LogP contribution is 2.20. The number of aromatic amines is 1. The number of nitrogens with zero attached hydrogens (tertiary/aromatic N) is 2. The maximum atomic E-state index is 10.6. The van der Waals surface area contributed by atoms with Gasteiger partial charge in [-0.15, -0.1) is 0 Å². The summed E-state index contributed by atoms with van der Waals surface area (Å²) in [6.45, 7) is 0.848. The fourth-order valence-corrected chi connectivity index (χ4v) is 1.51. The smallest absolute Gasteiger partial charge is 0.407 e. The van der Waals surface area contributed by atoms with Crippen LogP contribution in [0.15, 0.2) is 0 Å². The summed E-state index contributed by atoms with van der Waals surface area (Å²) in [6, 6.07) is 0. The highest BCUT2D eigenvalue weighted by atomic mass is 16.4. The SMILES string of the molecule is Nc1n[nH]c2c1CCN(C(=O)O)C2. The number of hydrogen-bond donors (Lipinski definition) is 3. The highest BCUT2D eigenvalue weighted by Gasteiger charge is 2.23. The van der Waals surface area contributed by atoms with Gasteiger partial charge in [0.05, 0.1) is 12.2 Å². The lowest BCUT2D eigenvalue weighted by molar-refractivity contribution is 0.139. The van der Waals surface area contributed by atoms with E-state index in [1.807, 2.05) is 0 Å². The standard InChI is InChI=1S/C7H10N4O2/c8-6-4-1-2-11(7(12)13)3-5(4)9-10-6/h1-3H2,(H,12,13)(H3,8,9,10). The van der Waals surface area contributed by atoms with Crippen molar-refractivity contribution in [1.82, 2.24) is 15.1 Å². The van der Waals surface area contributed by atoms with Crippen molar-refractivity contribution in [2.75, 3.05) is 12.3 Å². The Hall–Kier alpha value is -1.72. The van der Waals surface area contributed by atoms with Crippen molar-refractivity contribution in [3.05, 3.63) is 11.3 Å². The summed E-state index contributed by atoms with van der Waals surface area (Å²) in [4.78, 5) is 12.0. The summed E-state index contributed by atoms with van der Waals surface area (Å²) in [5, 5.41) is 15.3. The molecule has 0 atom stereocenters. The molecule has 1 aromatic heterocycles. The molecule has 6 nitrogen and oxygen atoms in total. The molecule has 1 aromatic rings. The third kappa shape index (κ3) is 1.20. The van der Waals surface area contributed by atoms with Crippen LogP contribution in [0.3, 0.4) is 0 Å². The first-order valence-corrected chi connectivity index (χ1v) is 3.98. The van der Waals surface area contributed by atoms with Crippen molar-refractivity contribution in [2.45, 2.75) is 13.0 Å². The average Bonchev–Trinajstić information content (AvgIpc) is 2.47. The molecule has 2 heterocycles. The molecular formula is C7H10N4O2. The number of amides is 1.